The molecule has 0 radical (unpaired) electrons. The number of amides is 1. The van der Waals surface area contributed by atoms with Gasteiger partial charge < -0.3 is 21.5 Å². The SMILES string of the molecule is NCCc1nc(C(=O)NCc2cnn3c2CNCC3)cs1.O=C(O)C(F)(F)F. The molecule has 0 aliphatic carbocycles. The van der Waals surface area contributed by atoms with Crippen molar-refractivity contribution >= 4 is 23.2 Å². The van der Waals surface area contributed by atoms with E-state index in [-0.39, 0.29) is 5.91 Å². The Bertz CT molecular complexity index is 820. The topological polar surface area (TPSA) is 135 Å². The van der Waals surface area contributed by atoms with Crippen LogP contribution in [0.2, 0.25) is 0 Å². The number of carboxylic acids is 1. The summed E-state index contributed by atoms with van der Waals surface area (Å²) in [5.41, 5.74) is 8.14. The third-order valence-corrected chi connectivity index (χ3v) is 4.56. The van der Waals surface area contributed by atoms with Gasteiger partial charge in [0.1, 0.15) is 5.69 Å². The summed E-state index contributed by atoms with van der Waals surface area (Å²) in [6.45, 7) is 3.62. The first-order valence-electron chi connectivity index (χ1n) is 8.19. The smallest absolute Gasteiger partial charge is 0.475 e. The van der Waals surface area contributed by atoms with E-state index in [2.05, 4.69) is 20.7 Å². The summed E-state index contributed by atoms with van der Waals surface area (Å²) >= 11 is 1.47. The first kappa shape index (κ1) is 21.8. The quantitative estimate of drug-likeness (QED) is 0.553. The number of aliphatic carboxylic acids is 1. The third kappa shape index (κ3) is 6.00. The number of carboxylic acid groups (broad SMARTS) is 1. The molecule has 0 spiro atoms. The molecule has 1 aliphatic rings. The number of nitrogens with one attached hydrogen (secondary N) is 2. The molecule has 0 bridgehead atoms. The number of thiazole rings is 1. The molecule has 1 aliphatic heterocycles. The Balaban J connectivity index is 0.000000345. The highest BCUT2D eigenvalue weighted by molar-refractivity contribution is 7.09. The van der Waals surface area contributed by atoms with Crippen LogP contribution in [-0.4, -0.2) is 51.0 Å². The Morgan fingerprint density at radius 1 is 1.43 bits per heavy atom. The van der Waals surface area contributed by atoms with E-state index < -0.39 is 12.1 Å². The van der Waals surface area contributed by atoms with Crippen molar-refractivity contribution < 1.29 is 27.9 Å². The zero-order valence-corrected chi connectivity index (χ0v) is 15.4. The van der Waals surface area contributed by atoms with Crippen LogP contribution in [0, 0.1) is 0 Å². The highest BCUT2D eigenvalue weighted by Crippen LogP contribution is 2.14. The number of carbonyl (C=O) groups is 2. The maximum atomic E-state index is 12.1. The van der Waals surface area contributed by atoms with Gasteiger partial charge in [0.2, 0.25) is 0 Å². The van der Waals surface area contributed by atoms with Gasteiger partial charge in [-0.25, -0.2) is 9.78 Å². The zero-order valence-electron chi connectivity index (χ0n) is 14.6. The molecule has 3 rings (SSSR count). The molecular weight excluding hydrogens is 401 g/mol. The number of nitrogens with zero attached hydrogens (tertiary/aromatic N) is 3. The van der Waals surface area contributed by atoms with Crippen molar-refractivity contribution in [2.75, 3.05) is 13.1 Å². The number of fused-ring (bicyclic) bond motifs is 1. The Labute approximate surface area is 161 Å². The van der Waals surface area contributed by atoms with E-state index >= 15 is 0 Å². The van der Waals surface area contributed by atoms with Crippen LogP contribution < -0.4 is 16.4 Å². The van der Waals surface area contributed by atoms with Crippen LogP contribution in [-0.2, 0) is 30.8 Å². The van der Waals surface area contributed by atoms with Gasteiger partial charge in [-0.3, -0.25) is 9.48 Å². The minimum atomic E-state index is -5.08. The molecule has 154 valence electrons. The van der Waals surface area contributed by atoms with Gasteiger partial charge in [-0.1, -0.05) is 0 Å². The van der Waals surface area contributed by atoms with Crippen molar-refractivity contribution in [2.24, 2.45) is 5.73 Å². The number of aromatic nitrogens is 3. The fraction of sp³-hybridized carbons (Fsp3) is 0.467. The van der Waals surface area contributed by atoms with Gasteiger partial charge >= 0.3 is 12.1 Å². The van der Waals surface area contributed by atoms with E-state index in [0.29, 0.717) is 25.2 Å². The van der Waals surface area contributed by atoms with Gasteiger partial charge in [0.15, 0.2) is 0 Å². The van der Waals surface area contributed by atoms with E-state index in [0.717, 1.165) is 35.9 Å². The molecule has 13 heteroatoms. The number of halogens is 3. The van der Waals surface area contributed by atoms with Crippen molar-refractivity contribution in [3.8, 4) is 0 Å². The number of hydrogen-bond acceptors (Lipinski definition) is 7. The molecule has 0 aromatic carbocycles. The monoisotopic (exact) mass is 420 g/mol. The van der Waals surface area contributed by atoms with Crippen molar-refractivity contribution in [1.29, 1.82) is 0 Å². The second kappa shape index (κ2) is 9.61. The summed E-state index contributed by atoms with van der Waals surface area (Å²) in [6.07, 6.45) is -2.55. The molecule has 0 atom stereocenters. The lowest BCUT2D eigenvalue weighted by Gasteiger charge is -2.16. The van der Waals surface area contributed by atoms with Crippen molar-refractivity contribution in [3.05, 3.63) is 33.5 Å². The van der Waals surface area contributed by atoms with Crippen molar-refractivity contribution in [2.45, 2.75) is 32.2 Å². The maximum Gasteiger partial charge on any atom is 0.490 e. The molecular formula is C15H19F3N6O3S. The summed E-state index contributed by atoms with van der Waals surface area (Å²) in [5, 5.41) is 20.3. The van der Waals surface area contributed by atoms with Gasteiger partial charge in [0, 0.05) is 37.0 Å². The summed E-state index contributed by atoms with van der Waals surface area (Å²) in [7, 11) is 0. The average Bonchev–Trinajstić information content (AvgIpc) is 3.27. The van der Waals surface area contributed by atoms with E-state index in [4.69, 9.17) is 15.6 Å². The van der Waals surface area contributed by atoms with Crippen molar-refractivity contribution in [1.82, 2.24) is 25.4 Å². The predicted octanol–water partition coefficient (Wildman–Crippen LogP) is 0.507. The number of carbonyl (C=O) groups excluding carboxylic acids is 1. The van der Waals surface area contributed by atoms with Crippen LogP contribution in [0.15, 0.2) is 11.6 Å². The molecule has 1 amide bonds. The lowest BCUT2D eigenvalue weighted by molar-refractivity contribution is -0.192. The molecule has 0 fully saturated rings. The molecule has 28 heavy (non-hydrogen) atoms. The van der Waals surface area contributed by atoms with Crippen molar-refractivity contribution in [3.63, 3.8) is 0 Å². The minimum absolute atomic E-state index is 0.154. The fourth-order valence-corrected chi connectivity index (χ4v) is 3.10. The molecule has 3 heterocycles. The highest BCUT2D eigenvalue weighted by Gasteiger charge is 2.38. The summed E-state index contributed by atoms with van der Waals surface area (Å²) in [4.78, 5) is 25.3. The lowest BCUT2D eigenvalue weighted by atomic mass is 10.2. The fourth-order valence-electron chi connectivity index (χ4n) is 2.31. The van der Waals surface area contributed by atoms with Crippen LogP contribution >= 0.6 is 11.3 Å². The number of hydrogen-bond donors (Lipinski definition) is 4. The lowest BCUT2D eigenvalue weighted by Crippen LogP contribution is -2.30. The third-order valence-electron chi connectivity index (χ3n) is 3.65. The second-order valence-corrected chi connectivity index (χ2v) is 6.61. The van der Waals surface area contributed by atoms with Gasteiger partial charge in [-0.2, -0.15) is 18.3 Å². The second-order valence-electron chi connectivity index (χ2n) is 5.67. The Kier molecular flexibility index (Phi) is 7.48. The molecule has 0 saturated heterocycles. The van der Waals surface area contributed by atoms with Gasteiger partial charge in [0.25, 0.3) is 5.91 Å². The number of rotatable bonds is 5. The maximum absolute atomic E-state index is 12.1. The summed E-state index contributed by atoms with van der Waals surface area (Å²) in [6, 6.07) is 0. The van der Waals surface area contributed by atoms with Crippen LogP contribution in [0.5, 0.6) is 0 Å². The van der Waals surface area contributed by atoms with E-state index in [9.17, 15) is 18.0 Å². The molecule has 2 aromatic heterocycles. The van der Waals surface area contributed by atoms with Gasteiger partial charge in [0.05, 0.1) is 23.4 Å². The molecule has 0 unspecified atom stereocenters. The number of nitrogens with two attached hydrogens (primary N) is 1. The van der Waals surface area contributed by atoms with E-state index in [1.54, 1.807) is 5.38 Å². The Hall–Kier alpha value is -2.51. The molecule has 2 aromatic rings. The first-order valence-corrected chi connectivity index (χ1v) is 9.07. The average molecular weight is 420 g/mol. The van der Waals surface area contributed by atoms with Crippen LogP contribution in [0.4, 0.5) is 13.2 Å². The first-order chi connectivity index (χ1) is 13.2. The largest absolute Gasteiger partial charge is 0.490 e. The molecule has 5 N–H and O–H groups in total. The highest BCUT2D eigenvalue weighted by atomic mass is 32.1. The molecule has 9 nitrogen and oxygen atoms in total. The molecule has 0 saturated carbocycles. The van der Waals surface area contributed by atoms with Gasteiger partial charge in [-0.15, -0.1) is 11.3 Å². The Morgan fingerprint density at radius 2 is 2.14 bits per heavy atom. The van der Waals surface area contributed by atoms with Crippen LogP contribution in [0.25, 0.3) is 0 Å². The van der Waals surface area contributed by atoms with Crippen LogP contribution in [0.3, 0.4) is 0 Å². The summed E-state index contributed by atoms with van der Waals surface area (Å²) < 4.78 is 33.7. The predicted molar refractivity (Wildman–Crippen MR) is 93.7 cm³/mol. The minimum Gasteiger partial charge on any atom is -0.475 e. The zero-order chi connectivity index (χ0) is 20.7. The van der Waals surface area contributed by atoms with Gasteiger partial charge in [-0.05, 0) is 6.54 Å². The van der Waals surface area contributed by atoms with Crippen LogP contribution in [0.1, 0.15) is 26.8 Å². The van der Waals surface area contributed by atoms with E-state index in [1.807, 2.05) is 10.9 Å². The standard InChI is InChI=1S/C13H18N6OS.C2HF3O2/c14-2-1-12-18-10(8-21-12)13(20)16-5-9-6-17-19-4-3-15-7-11(9)19;3-2(4,5)1(6)7/h6,8,15H,1-5,7,14H2,(H,16,20);(H,6,7). The Morgan fingerprint density at radius 3 is 2.79 bits per heavy atom. The van der Waals surface area contributed by atoms with E-state index in [1.165, 1.54) is 11.3 Å². The summed E-state index contributed by atoms with van der Waals surface area (Å²) in [5.74, 6) is -2.91. The number of alkyl halides is 3. The normalized spacial score (nSPS) is 13.3.